The first-order valence-corrected chi connectivity index (χ1v) is 2.32. The average Bonchev–Trinajstić information content (AvgIpc) is 1.61. The molecule has 0 heterocycles. The number of hydrogen-bond donors (Lipinski definition) is 1. The minimum absolute atomic E-state index is 0.712. The van der Waals surface area contributed by atoms with Crippen molar-refractivity contribution in [1.29, 1.82) is 0 Å². The number of thioether (sulfide) groups is 1. The van der Waals surface area contributed by atoms with E-state index in [0.717, 1.165) is 11.8 Å². The van der Waals surface area contributed by atoms with Crippen LogP contribution in [0.4, 0.5) is 0 Å². The average molecular weight is 103 g/mol. The second kappa shape index (κ2) is 4.56. The molecule has 0 spiro atoms. The van der Waals surface area contributed by atoms with Crippen LogP contribution in [0.15, 0.2) is 11.6 Å². The van der Waals surface area contributed by atoms with Crippen LogP contribution < -0.4 is 5.73 Å². The highest BCUT2D eigenvalue weighted by atomic mass is 32.2. The Balaban J connectivity index is 2.85. The van der Waals surface area contributed by atoms with Crippen molar-refractivity contribution in [2.75, 3.05) is 0 Å². The molecule has 0 amide bonds. The van der Waals surface area contributed by atoms with Gasteiger partial charge in [-0.05, 0) is 5.41 Å². The van der Waals surface area contributed by atoms with Gasteiger partial charge in [-0.3, -0.25) is 4.79 Å². The molecule has 0 aromatic carbocycles. The normalized spacial score (nSPS) is 9.33. The quantitative estimate of drug-likeness (QED) is 0.512. The molecule has 6 heavy (non-hydrogen) atoms. The highest BCUT2D eigenvalue weighted by Gasteiger charge is 1.63. The highest BCUT2D eigenvalue weighted by Crippen LogP contribution is 1.89. The van der Waals surface area contributed by atoms with E-state index in [0.29, 0.717) is 5.62 Å². The van der Waals surface area contributed by atoms with Gasteiger partial charge in [-0.15, -0.1) is 0 Å². The van der Waals surface area contributed by atoms with E-state index < -0.39 is 0 Å². The Morgan fingerprint density at radius 3 is 2.50 bits per heavy atom. The summed E-state index contributed by atoms with van der Waals surface area (Å²) in [5.74, 6) is 0. The van der Waals surface area contributed by atoms with Gasteiger partial charge in [-0.25, -0.2) is 0 Å². The number of carbonyl (C=O) groups is 1. The van der Waals surface area contributed by atoms with Crippen LogP contribution in [-0.2, 0) is 4.79 Å². The van der Waals surface area contributed by atoms with Crippen LogP contribution in [-0.4, -0.2) is 5.62 Å². The molecule has 0 aliphatic carbocycles. The molecule has 0 fully saturated rings. The van der Waals surface area contributed by atoms with E-state index in [9.17, 15) is 4.79 Å². The van der Waals surface area contributed by atoms with Crippen molar-refractivity contribution in [2.24, 2.45) is 5.73 Å². The van der Waals surface area contributed by atoms with Crippen molar-refractivity contribution in [3.8, 4) is 0 Å². The molecule has 0 aromatic rings. The summed E-state index contributed by atoms with van der Waals surface area (Å²) in [4.78, 5) is 9.42. The van der Waals surface area contributed by atoms with E-state index in [1.807, 2.05) is 0 Å². The van der Waals surface area contributed by atoms with Crippen molar-refractivity contribution in [1.82, 2.24) is 0 Å². The molecule has 0 saturated carbocycles. The Hall–Kier alpha value is -0.440. The molecule has 34 valence electrons. The van der Waals surface area contributed by atoms with Crippen LogP contribution >= 0.6 is 11.8 Å². The smallest absolute Gasteiger partial charge is 0.180 e. The van der Waals surface area contributed by atoms with E-state index in [1.165, 1.54) is 11.6 Å². The van der Waals surface area contributed by atoms with Gasteiger partial charge in [-0.1, -0.05) is 11.8 Å². The van der Waals surface area contributed by atoms with Crippen LogP contribution in [0.5, 0.6) is 0 Å². The summed E-state index contributed by atoms with van der Waals surface area (Å²) in [6.45, 7) is 0. The molecule has 0 unspecified atom stereocenters. The molecule has 0 radical (unpaired) electrons. The summed E-state index contributed by atoms with van der Waals surface area (Å²) in [6.07, 6.45) is 1.32. The van der Waals surface area contributed by atoms with Crippen molar-refractivity contribution < 1.29 is 4.79 Å². The minimum atomic E-state index is 0.712. The second-order valence-corrected chi connectivity index (χ2v) is 1.30. The second-order valence-electron chi connectivity index (χ2n) is 0.561. The lowest BCUT2D eigenvalue weighted by Crippen LogP contribution is -1.71. The third-order valence-corrected chi connectivity index (χ3v) is 0.638. The molecule has 0 bridgehead atoms. The molecule has 0 saturated heterocycles. The maximum atomic E-state index is 9.42. The van der Waals surface area contributed by atoms with Crippen LogP contribution in [0.1, 0.15) is 0 Å². The van der Waals surface area contributed by atoms with E-state index in [-0.39, 0.29) is 0 Å². The van der Waals surface area contributed by atoms with Crippen molar-refractivity contribution in [3.63, 3.8) is 0 Å². The lowest BCUT2D eigenvalue weighted by molar-refractivity contribution is 0.570. The van der Waals surface area contributed by atoms with Crippen molar-refractivity contribution in [3.05, 3.63) is 11.6 Å². The Morgan fingerprint density at radius 2 is 2.33 bits per heavy atom. The fourth-order valence-electron chi connectivity index (χ4n) is 0.0774. The SMILES string of the molecule is N/C=C/SC=O. The Bertz CT molecular complexity index is 61.8. The predicted molar refractivity (Wildman–Crippen MR) is 27.7 cm³/mol. The van der Waals surface area contributed by atoms with Crippen molar-refractivity contribution in [2.45, 2.75) is 0 Å². The molecular weight excluding hydrogens is 98.1 g/mol. The van der Waals surface area contributed by atoms with Gasteiger partial charge in [-0.2, -0.15) is 0 Å². The lowest BCUT2D eigenvalue weighted by atomic mass is 11.1. The topological polar surface area (TPSA) is 43.1 Å². The molecule has 3 heteroatoms. The van der Waals surface area contributed by atoms with E-state index >= 15 is 0 Å². The summed E-state index contributed by atoms with van der Waals surface area (Å²) in [5, 5.41) is 1.51. The molecule has 0 rings (SSSR count). The first-order valence-electron chi connectivity index (χ1n) is 1.37. The number of rotatable bonds is 2. The van der Waals surface area contributed by atoms with Gasteiger partial charge < -0.3 is 5.73 Å². The summed E-state index contributed by atoms with van der Waals surface area (Å²) >= 11 is 1.02. The zero-order valence-corrected chi connectivity index (χ0v) is 3.94. The number of hydrogen-bond acceptors (Lipinski definition) is 3. The Labute approximate surface area is 40.4 Å². The van der Waals surface area contributed by atoms with Gasteiger partial charge in [0.25, 0.3) is 0 Å². The number of nitrogens with two attached hydrogens (primary N) is 1. The molecule has 0 aromatic heterocycles. The fourth-order valence-corrected chi connectivity index (χ4v) is 0.232. The highest BCUT2D eigenvalue weighted by molar-refractivity contribution is 8.14. The lowest BCUT2D eigenvalue weighted by Gasteiger charge is -1.66. The van der Waals surface area contributed by atoms with E-state index in [2.05, 4.69) is 0 Å². The predicted octanol–water partition coefficient (Wildman–Crippen LogP) is 0.340. The molecule has 0 aliphatic rings. The molecule has 0 atom stereocenters. The van der Waals surface area contributed by atoms with Gasteiger partial charge in [0.15, 0.2) is 5.62 Å². The summed E-state index contributed by atoms with van der Waals surface area (Å²) in [5.41, 5.74) is 5.57. The molecular formula is C3H5NOS. The minimum Gasteiger partial charge on any atom is -0.404 e. The van der Waals surface area contributed by atoms with E-state index in [1.54, 1.807) is 0 Å². The third-order valence-electron chi connectivity index (χ3n) is 0.213. The summed E-state index contributed by atoms with van der Waals surface area (Å²) in [6, 6.07) is 0. The molecule has 2 nitrogen and oxygen atoms in total. The largest absolute Gasteiger partial charge is 0.404 e. The first-order chi connectivity index (χ1) is 2.91. The van der Waals surface area contributed by atoms with Crippen LogP contribution in [0, 0.1) is 0 Å². The maximum Gasteiger partial charge on any atom is 0.180 e. The van der Waals surface area contributed by atoms with E-state index in [4.69, 9.17) is 5.73 Å². The Kier molecular flexibility index (Phi) is 4.23. The molecule has 0 aliphatic heterocycles. The van der Waals surface area contributed by atoms with Crippen LogP contribution in [0.25, 0.3) is 0 Å². The first kappa shape index (κ1) is 5.56. The Morgan fingerprint density at radius 1 is 1.67 bits per heavy atom. The summed E-state index contributed by atoms with van der Waals surface area (Å²) in [7, 11) is 0. The van der Waals surface area contributed by atoms with Gasteiger partial charge in [0.1, 0.15) is 0 Å². The standard InChI is InChI=1S/C3H5NOS/c4-1-2-6-3-5/h1-3H,4H2/b2-1+. The zero-order chi connectivity index (χ0) is 4.83. The van der Waals surface area contributed by atoms with Gasteiger partial charge >= 0.3 is 0 Å². The number of carbonyl (C=O) groups excluding carboxylic acids is 1. The van der Waals surface area contributed by atoms with Crippen LogP contribution in [0.2, 0.25) is 0 Å². The monoisotopic (exact) mass is 103 g/mol. The molecule has 2 N–H and O–H groups in total. The van der Waals surface area contributed by atoms with Crippen LogP contribution in [0.3, 0.4) is 0 Å². The third kappa shape index (κ3) is 3.56. The fraction of sp³-hybridized carbons (Fsp3) is 0. The van der Waals surface area contributed by atoms with Gasteiger partial charge in [0, 0.05) is 6.20 Å². The van der Waals surface area contributed by atoms with Crippen molar-refractivity contribution >= 4 is 17.4 Å². The maximum absolute atomic E-state index is 9.42. The summed E-state index contributed by atoms with van der Waals surface area (Å²) < 4.78 is 0. The van der Waals surface area contributed by atoms with Gasteiger partial charge in [0.05, 0.1) is 0 Å². The zero-order valence-electron chi connectivity index (χ0n) is 3.13. The van der Waals surface area contributed by atoms with Gasteiger partial charge in [0.2, 0.25) is 0 Å².